The highest BCUT2D eigenvalue weighted by Crippen LogP contribution is 2.25. The Bertz CT molecular complexity index is 409. The average molecular weight is 264 g/mol. The predicted octanol–water partition coefficient (Wildman–Crippen LogP) is 2.53. The van der Waals surface area contributed by atoms with Crippen LogP contribution >= 0.6 is 0 Å². The van der Waals surface area contributed by atoms with E-state index in [0.29, 0.717) is 18.3 Å². The summed E-state index contributed by atoms with van der Waals surface area (Å²) in [4.78, 5) is 2.41. The second-order valence-corrected chi connectivity index (χ2v) is 5.08. The summed E-state index contributed by atoms with van der Waals surface area (Å²) in [6.45, 7) is 4.52. The van der Waals surface area contributed by atoms with Crippen LogP contribution < -0.4 is 15.2 Å². The molecular formula is C15H24N2O2. The predicted molar refractivity (Wildman–Crippen MR) is 77.8 cm³/mol. The van der Waals surface area contributed by atoms with Gasteiger partial charge in [-0.2, -0.15) is 0 Å². The van der Waals surface area contributed by atoms with E-state index < -0.39 is 0 Å². The lowest BCUT2D eigenvalue weighted by molar-refractivity contribution is 0.232. The maximum atomic E-state index is 5.84. The van der Waals surface area contributed by atoms with Crippen LogP contribution in [0.2, 0.25) is 0 Å². The molecule has 1 atom stereocenters. The Morgan fingerprint density at radius 3 is 2.63 bits per heavy atom. The second-order valence-electron chi connectivity index (χ2n) is 5.08. The van der Waals surface area contributed by atoms with Crippen LogP contribution in [0.15, 0.2) is 18.2 Å². The number of ether oxygens (including phenoxy) is 2. The molecule has 4 nitrogen and oxygen atoms in total. The van der Waals surface area contributed by atoms with Gasteiger partial charge < -0.3 is 20.1 Å². The molecular weight excluding hydrogens is 240 g/mol. The van der Waals surface area contributed by atoms with Crippen LogP contribution in [0.3, 0.4) is 0 Å². The molecule has 1 saturated heterocycles. The molecule has 2 N–H and O–H groups in total. The Morgan fingerprint density at radius 1 is 1.26 bits per heavy atom. The lowest BCUT2D eigenvalue weighted by Gasteiger charge is -2.19. The van der Waals surface area contributed by atoms with Gasteiger partial charge in [0.15, 0.2) is 0 Å². The van der Waals surface area contributed by atoms with E-state index in [2.05, 4.69) is 11.9 Å². The molecule has 1 aromatic carbocycles. The topological polar surface area (TPSA) is 47.7 Å². The molecule has 0 aliphatic carbocycles. The van der Waals surface area contributed by atoms with Gasteiger partial charge in [-0.25, -0.2) is 0 Å². The van der Waals surface area contributed by atoms with Gasteiger partial charge in [0.2, 0.25) is 0 Å². The van der Waals surface area contributed by atoms with Crippen LogP contribution in [-0.4, -0.2) is 37.7 Å². The zero-order chi connectivity index (χ0) is 13.7. The number of hydrogen-bond donors (Lipinski definition) is 1. The second kappa shape index (κ2) is 6.66. The number of rotatable bonds is 6. The number of nitrogens with zero attached hydrogens (tertiary/aromatic N) is 1. The highest BCUT2D eigenvalue weighted by molar-refractivity contribution is 5.50. The van der Waals surface area contributed by atoms with Gasteiger partial charge in [0.05, 0.1) is 13.2 Å². The number of hydrogen-bond acceptors (Lipinski definition) is 4. The van der Waals surface area contributed by atoms with Gasteiger partial charge in [-0.05, 0) is 39.8 Å². The van der Waals surface area contributed by atoms with Gasteiger partial charge in [0, 0.05) is 29.9 Å². The molecule has 1 heterocycles. The maximum absolute atomic E-state index is 5.84. The Morgan fingerprint density at radius 2 is 2.00 bits per heavy atom. The Labute approximate surface area is 115 Å². The lowest BCUT2D eigenvalue weighted by Crippen LogP contribution is -2.26. The normalized spacial score (nSPS) is 19.6. The minimum absolute atomic E-state index is 0.635. The molecule has 4 heteroatoms. The number of anilines is 1. The fourth-order valence-corrected chi connectivity index (χ4v) is 2.58. The molecule has 1 fully saturated rings. The lowest BCUT2D eigenvalue weighted by atomic mass is 10.1. The fraction of sp³-hybridized carbons (Fsp3) is 0.600. The van der Waals surface area contributed by atoms with E-state index >= 15 is 0 Å². The van der Waals surface area contributed by atoms with Gasteiger partial charge in [0.1, 0.15) is 11.5 Å². The van der Waals surface area contributed by atoms with Gasteiger partial charge >= 0.3 is 0 Å². The summed E-state index contributed by atoms with van der Waals surface area (Å²) in [5.41, 5.74) is 6.52. The van der Waals surface area contributed by atoms with E-state index in [1.54, 1.807) is 0 Å². The molecule has 0 aromatic heterocycles. The highest BCUT2D eigenvalue weighted by atomic mass is 16.5. The molecule has 1 unspecified atom stereocenters. The number of nitrogens with two attached hydrogens (primary N) is 1. The van der Waals surface area contributed by atoms with Crippen molar-refractivity contribution in [3.05, 3.63) is 18.2 Å². The third-order valence-corrected chi connectivity index (χ3v) is 3.60. The van der Waals surface area contributed by atoms with E-state index in [0.717, 1.165) is 24.5 Å². The largest absolute Gasteiger partial charge is 0.494 e. The van der Waals surface area contributed by atoms with Gasteiger partial charge in [-0.1, -0.05) is 0 Å². The SMILES string of the molecule is CCOc1cc(N)cc(OCCC2CCCN2C)c1. The van der Waals surface area contributed by atoms with E-state index in [9.17, 15) is 0 Å². The number of benzene rings is 1. The van der Waals surface area contributed by atoms with E-state index in [1.807, 2.05) is 25.1 Å². The Kier molecular flexibility index (Phi) is 4.91. The first-order valence-corrected chi connectivity index (χ1v) is 7.05. The van der Waals surface area contributed by atoms with Crippen LogP contribution in [0.1, 0.15) is 26.2 Å². The molecule has 1 aromatic rings. The monoisotopic (exact) mass is 264 g/mol. The summed E-state index contributed by atoms with van der Waals surface area (Å²) in [6, 6.07) is 6.23. The molecule has 0 saturated carbocycles. The summed E-state index contributed by atoms with van der Waals surface area (Å²) in [7, 11) is 2.19. The van der Waals surface area contributed by atoms with Crippen LogP contribution in [0, 0.1) is 0 Å². The average Bonchev–Trinajstić information content (AvgIpc) is 2.75. The van der Waals surface area contributed by atoms with Gasteiger partial charge in [0.25, 0.3) is 0 Å². The van der Waals surface area contributed by atoms with Gasteiger partial charge in [-0.3, -0.25) is 0 Å². The van der Waals surface area contributed by atoms with Crippen molar-refractivity contribution in [2.45, 2.75) is 32.2 Å². The van der Waals surface area contributed by atoms with Crippen LogP contribution in [0.4, 0.5) is 5.69 Å². The molecule has 0 radical (unpaired) electrons. The number of likely N-dealkylation sites (tertiary alicyclic amines) is 1. The van der Waals surface area contributed by atoms with Crippen molar-refractivity contribution in [1.29, 1.82) is 0 Å². The molecule has 0 spiro atoms. The molecule has 106 valence electrons. The molecule has 0 bridgehead atoms. The van der Waals surface area contributed by atoms with Crippen molar-refractivity contribution in [2.24, 2.45) is 0 Å². The highest BCUT2D eigenvalue weighted by Gasteiger charge is 2.20. The van der Waals surface area contributed by atoms with Crippen molar-refractivity contribution >= 4 is 5.69 Å². The first kappa shape index (κ1) is 14.0. The van der Waals surface area contributed by atoms with Crippen molar-refractivity contribution in [3.63, 3.8) is 0 Å². The van der Waals surface area contributed by atoms with Crippen LogP contribution in [-0.2, 0) is 0 Å². The van der Waals surface area contributed by atoms with Crippen LogP contribution in [0.25, 0.3) is 0 Å². The van der Waals surface area contributed by atoms with E-state index in [-0.39, 0.29) is 0 Å². The summed E-state index contributed by atoms with van der Waals surface area (Å²) >= 11 is 0. The number of nitrogen functional groups attached to an aromatic ring is 1. The standard InChI is InChI=1S/C15H24N2O2/c1-3-18-14-9-12(16)10-15(11-14)19-8-6-13-5-4-7-17(13)2/h9-11,13H,3-8,16H2,1-2H3. The smallest absolute Gasteiger partial charge is 0.125 e. The summed E-state index contributed by atoms with van der Waals surface area (Å²) in [6.07, 6.45) is 3.64. The molecule has 0 amide bonds. The Balaban J connectivity index is 1.84. The zero-order valence-electron chi connectivity index (χ0n) is 11.9. The summed E-state index contributed by atoms with van der Waals surface area (Å²) in [5.74, 6) is 1.57. The molecule has 19 heavy (non-hydrogen) atoms. The first-order chi connectivity index (χ1) is 9.19. The van der Waals surface area contributed by atoms with Crippen molar-refractivity contribution < 1.29 is 9.47 Å². The van der Waals surface area contributed by atoms with Crippen molar-refractivity contribution in [1.82, 2.24) is 4.90 Å². The minimum atomic E-state index is 0.635. The minimum Gasteiger partial charge on any atom is -0.494 e. The molecule has 1 aliphatic heterocycles. The fourth-order valence-electron chi connectivity index (χ4n) is 2.58. The van der Waals surface area contributed by atoms with E-state index in [1.165, 1.54) is 19.4 Å². The first-order valence-electron chi connectivity index (χ1n) is 7.05. The zero-order valence-corrected chi connectivity index (χ0v) is 11.9. The summed E-state index contributed by atoms with van der Waals surface area (Å²) < 4.78 is 11.3. The van der Waals surface area contributed by atoms with Crippen molar-refractivity contribution in [2.75, 3.05) is 32.5 Å². The maximum Gasteiger partial charge on any atom is 0.125 e. The third-order valence-electron chi connectivity index (χ3n) is 3.60. The Hall–Kier alpha value is -1.42. The third kappa shape index (κ3) is 4.03. The van der Waals surface area contributed by atoms with Crippen LogP contribution in [0.5, 0.6) is 11.5 Å². The van der Waals surface area contributed by atoms with E-state index in [4.69, 9.17) is 15.2 Å². The summed E-state index contributed by atoms with van der Waals surface area (Å²) in [5, 5.41) is 0. The molecule has 2 rings (SSSR count). The van der Waals surface area contributed by atoms with Crippen molar-refractivity contribution in [3.8, 4) is 11.5 Å². The molecule has 1 aliphatic rings. The quantitative estimate of drug-likeness (QED) is 0.802. The van der Waals surface area contributed by atoms with Gasteiger partial charge in [-0.15, -0.1) is 0 Å².